The van der Waals surface area contributed by atoms with E-state index in [0.717, 1.165) is 37.4 Å². The van der Waals surface area contributed by atoms with Crippen molar-refractivity contribution in [3.63, 3.8) is 0 Å². The van der Waals surface area contributed by atoms with Gasteiger partial charge < -0.3 is 9.47 Å². The van der Waals surface area contributed by atoms with Crippen molar-refractivity contribution >= 4 is 17.7 Å². The first-order valence-corrected chi connectivity index (χ1v) is 8.20. The van der Waals surface area contributed by atoms with Gasteiger partial charge in [0, 0.05) is 19.8 Å². The Kier molecular flexibility index (Phi) is 7.80. The lowest BCUT2D eigenvalue weighted by Crippen LogP contribution is -2.51. The third kappa shape index (κ3) is 6.63. The van der Waals surface area contributed by atoms with Gasteiger partial charge in [0.05, 0.1) is 7.11 Å². The van der Waals surface area contributed by atoms with Crippen LogP contribution < -0.4 is 5.32 Å². The van der Waals surface area contributed by atoms with Crippen LogP contribution in [0.1, 0.15) is 39.0 Å². The molecule has 1 rings (SSSR count). The fourth-order valence-corrected chi connectivity index (χ4v) is 2.95. The molecule has 0 aliphatic heterocycles. The van der Waals surface area contributed by atoms with Crippen LogP contribution in [0.15, 0.2) is 0 Å². The molecule has 19 heavy (non-hydrogen) atoms. The summed E-state index contributed by atoms with van der Waals surface area (Å²) in [4.78, 5) is 11.9. The topological polar surface area (TPSA) is 47.6 Å². The molecule has 1 aliphatic carbocycles. The number of ether oxygens (including phenoxy) is 2. The van der Waals surface area contributed by atoms with Crippen LogP contribution in [0, 0.1) is 0 Å². The number of thioether (sulfide) groups is 1. The second kappa shape index (κ2) is 8.82. The van der Waals surface area contributed by atoms with E-state index < -0.39 is 5.54 Å². The summed E-state index contributed by atoms with van der Waals surface area (Å²) < 4.78 is 9.94. The van der Waals surface area contributed by atoms with Crippen LogP contribution >= 0.6 is 11.8 Å². The Morgan fingerprint density at radius 3 is 2.58 bits per heavy atom. The van der Waals surface area contributed by atoms with E-state index in [4.69, 9.17) is 9.47 Å². The number of esters is 1. The van der Waals surface area contributed by atoms with E-state index in [1.54, 1.807) is 7.11 Å². The van der Waals surface area contributed by atoms with Gasteiger partial charge in [-0.3, -0.25) is 10.1 Å². The molecule has 0 aromatic carbocycles. The Labute approximate surface area is 121 Å². The number of hydrogen-bond donors (Lipinski definition) is 1. The van der Waals surface area contributed by atoms with Gasteiger partial charge in [-0.2, -0.15) is 11.8 Å². The minimum absolute atomic E-state index is 0.135. The molecule has 0 bridgehead atoms. The molecule has 0 aromatic heterocycles. The molecule has 5 heteroatoms. The molecule has 112 valence electrons. The van der Waals surface area contributed by atoms with Crippen molar-refractivity contribution in [2.24, 2.45) is 0 Å². The highest BCUT2D eigenvalue weighted by Crippen LogP contribution is 2.26. The lowest BCUT2D eigenvalue weighted by atomic mass is 9.96. The maximum Gasteiger partial charge on any atom is 0.325 e. The van der Waals surface area contributed by atoms with Crippen molar-refractivity contribution in [2.75, 3.05) is 32.3 Å². The summed E-state index contributed by atoms with van der Waals surface area (Å²) in [6, 6.07) is 0.512. The lowest BCUT2D eigenvalue weighted by Gasteiger charge is -2.28. The maximum atomic E-state index is 11.9. The van der Waals surface area contributed by atoms with E-state index in [0.29, 0.717) is 6.04 Å². The molecule has 0 saturated heterocycles. The van der Waals surface area contributed by atoms with Gasteiger partial charge in [-0.25, -0.2) is 0 Å². The lowest BCUT2D eigenvalue weighted by molar-refractivity contribution is -0.148. The maximum absolute atomic E-state index is 11.9. The smallest absolute Gasteiger partial charge is 0.325 e. The Balaban J connectivity index is 2.19. The molecule has 0 spiro atoms. The van der Waals surface area contributed by atoms with E-state index >= 15 is 0 Å². The first-order chi connectivity index (χ1) is 9.12. The van der Waals surface area contributed by atoms with Gasteiger partial charge in [0.25, 0.3) is 0 Å². The fourth-order valence-electron chi connectivity index (χ4n) is 2.07. The van der Waals surface area contributed by atoms with Crippen molar-refractivity contribution in [2.45, 2.75) is 50.6 Å². The zero-order chi connectivity index (χ0) is 14.1. The summed E-state index contributed by atoms with van der Waals surface area (Å²) >= 11 is 1.93. The number of carbonyl (C=O) groups is 1. The Morgan fingerprint density at radius 2 is 2.00 bits per heavy atom. The first-order valence-electron chi connectivity index (χ1n) is 7.05. The molecule has 1 N–H and O–H groups in total. The molecule has 4 nitrogen and oxygen atoms in total. The predicted molar refractivity (Wildman–Crippen MR) is 79.6 cm³/mol. The number of carbonyl (C=O) groups excluding carboxylic acids is 1. The first kappa shape index (κ1) is 16.8. The monoisotopic (exact) mass is 289 g/mol. The summed E-state index contributed by atoms with van der Waals surface area (Å²) in [5.74, 6) is 2.07. The third-order valence-electron chi connectivity index (χ3n) is 3.34. The van der Waals surface area contributed by atoms with Gasteiger partial charge in [0.1, 0.15) is 5.54 Å². The number of methoxy groups -OCH3 is 2. The quantitative estimate of drug-likeness (QED) is 0.467. The zero-order valence-electron chi connectivity index (χ0n) is 12.4. The molecule has 0 aromatic rings. The average molecular weight is 289 g/mol. The van der Waals surface area contributed by atoms with Crippen LogP contribution in [0.2, 0.25) is 0 Å². The Bertz CT molecular complexity index is 271. The SMILES string of the molecule is COCCCSCCCC(C)(NC1CC1)C(=O)OC. The van der Waals surface area contributed by atoms with Crippen molar-refractivity contribution in [3.8, 4) is 0 Å². The average Bonchev–Trinajstić information content (AvgIpc) is 3.20. The molecular weight excluding hydrogens is 262 g/mol. The normalized spacial score (nSPS) is 18.1. The van der Waals surface area contributed by atoms with E-state index in [1.807, 2.05) is 18.7 Å². The minimum atomic E-state index is -0.511. The minimum Gasteiger partial charge on any atom is -0.468 e. The second-order valence-corrected chi connectivity index (χ2v) is 6.53. The van der Waals surface area contributed by atoms with Crippen LogP contribution in [-0.2, 0) is 14.3 Å². The van der Waals surface area contributed by atoms with Crippen molar-refractivity contribution in [1.82, 2.24) is 5.32 Å². The van der Waals surface area contributed by atoms with Crippen LogP contribution in [0.3, 0.4) is 0 Å². The van der Waals surface area contributed by atoms with E-state index in [9.17, 15) is 4.79 Å². The highest BCUT2D eigenvalue weighted by molar-refractivity contribution is 7.99. The highest BCUT2D eigenvalue weighted by atomic mass is 32.2. The van der Waals surface area contributed by atoms with E-state index in [-0.39, 0.29) is 5.97 Å². The van der Waals surface area contributed by atoms with Gasteiger partial charge >= 0.3 is 5.97 Å². The summed E-state index contributed by atoms with van der Waals surface area (Å²) in [5, 5.41) is 3.43. The number of nitrogens with one attached hydrogen (secondary N) is 1. The molecular formula is C14H27NO3S. The van der Waals surface area contributed by atoms with Gasteiger partial charge in [0.15, 0.2) is 0 Å². The van der Waals surface area contributed by atoms with Crippen LogP contribution in [-0.4, -0.2) is 49.9 Å². The van der Waals surface area contributed by atoms with Crippen molar-refractivity contribution < 1.29 is 14.3 Å². The van der Waals surface area contributed by atoms with E-state index in [1.165, 1.54) is 20.0 Å². The van der Waals surface area contributed by atoms with Crippen LogP contribution in [0.5, 0.6) is 0 Å². The van der Waals surface area contributed by atoms with E-state index in [2.05, 4.69) is 5.32 Å². The molecule has 1 atom stereocenters. The van der Waals surface area contributed by atoms with Crippen molar-refractivity contribution in [3.05, 3.63) is 0 Å². The number of rotatable bonds is 11. The molecule has 1 unspecified atom stereocenters. The predicted octanol–water partition coefficient (Wildman–Crippen LogP) is 2.22. The zero-order valence-corrected chi connectivity index (χ0v) is 13.2. The molecule has 1 saturated carbocycles. The van der Waals surface area contributed by atoms with Crippen molar-refractivity contribution in [1.29, 1.82) is 0 Å². The van der Waals surface area contributed by atoms with Gasteiger partial charge in [-0.15, -0.1) is 0 Å². The number of hydrogen-bond acceptors (Lipinski definition) is 5. The molecule has 0 radical (unpaired) electrons. The molecule has 0 heterocycles. The second-order valence-electron chi connectivity index (χ2n) is 5.30. The summed E-state index contributed by atoms with van der Waals surface area (Å²) in [6.45, 7) is 2.79. The summed E-state index contributed by atoms with van der Waals surface area (Å²) in [6.07, 6.45) is 5.32. The molecule has 1 aliphatic rings. The Hall–Kier alpha value is -0.260. The largest absolute Gasteiger partial charge is 0.468 e. The molecule has 1 fully saturated rings. The highest BCUT2D eigenvalue weighted by Gasteiger charge is 2.38. The molecule has 0 amide bonds. The third-order valence-corrected chi connectivity index (χ3v) is 4.49. The Morgan fingerprint density at radius 1 is 1.32 bits per heavy atom. The van der Waals surface area contributed by atoms with Crippen LogP contribution in [0.25, 0.3) is 0 Å². The standard InChI is InChI=1S/C14H27NO3S/c1-14(13(16)18-3,15-12-6-7-12)8-4-10-19-11-5-9-17-2/h12,15H,4-11H2,1-3H3. The van der Waals surface area contributed by atoms with Gasteiger partial charge in [0.2, 0.25) is 0 Å². The fraction of sp³-hybridized carbons (Fsp3) is 0.929. The summed E-state index contributed by atoms with van der Waals surface area (Å²) in [5.41, 5.74) is -0.511. The van der Waals surface area contributed by atoms with Gasteiger partial charge in [-0.05, 0) is 50.5 Å². The van der Waals surface area contributed by atoms with Gasteiger partial charge in [-0.1, -0.05) is 0 Å². The van der Waals surface area contributed by atoms with Crippen LogP contribution in [0.4, 0.5) is 0 Å². The summed E-state index contributed by atoms with van der Waals surface area (Å²) in [7, 11) is 3.20.